The average molecular weight is 206 g/mol. The molecule has 0 aromatic heterocycles. The minimum absolute atomic E-state index is 0.793. The summed E-state index contributed by atoms with van der Waals surface area (Å²) in [6.45, 7) is 1.06. The molecule has 2 aliphatic carbocycles. The molecule has 0 unspecified atom stereocenters. The molecule has 0 aromatic carbocycles. The number of nitrogens with one attached hydrogen (secondary N) is 1. The molecule has 0 radical (unpaired) electrons. The minimum atomic E-state index is 0.793. The normalized spacial score (nSPS) is 27.4. The maximum absolute atomic E-state index is 4.69. The molecule has 84 valence electrons. The van der Waals surface area contributed by atoms with Gasteiger partial charge in [-0.1, -0.05) is 6.42 Å². The van der Waals surface area contributed by atoms with Gasteiger partial charge in [-0.3, -0.25) is 4.99 Å². The van der Waals surface area contributed by atoms with Gasteiger partial charge in [0, 0.05) is 19.0 Å². The lowest BCUT2D eigenvalue weighted by molar-refractivity contribution is 0.478. The third-order valence-electron chi connectivity index (χ3n) is 3.97. The molecule has 15 heavy (non-hydrogen) atoms. The van der Waals surface area contributed by atoms with Crippen LogP contribution in [0.3, 0.4) is 0 Å². The first-order valence-electron chi connectivity index (χ1n) is 6.73. The van der Waals surface area contributed by atoms with Crippen LogP contribution in [0.5, 0.6) is 0 Å². The molecular weight excluding hydrogens is 184 g/mol. The SMILES string of the molecule is C1CCN=C(NC(C2CC2)C2CC2)CC1. The summed E-state index contributed by atoms with van der Waals surface area (Å²) < 4.78 is 0. The van der Waals surface area contributed by atoms with Crippen molar-refractivity contribution in [3.8, 4) is 0 Å². The summed E-state index contributed by atoms with van der Waals surface area (Å²) >= 11 is 0. The molecule has 1 heterocycles. The zero-order chi connectivity index (χ0) is 10.1. The van der Waals surface area contributed by atoms with E-state index in [9.17, 15) is 0 Å². The Morgan fingerprint density at radius 3 is 2.40 bits per heavy atom. The van der Waals surface area contributed by atoms with Crippen LogP contribution >= 0.6 is 0 Å². The predicted molar refractivity (Wildman–Crippen MR) is 63.1 cm³/mol. The van der Waals surface area contributed by atoms with Crippen LogP contribution in [0.2, 0.25) is 0 Å². The van der Waals surface area contributed by atoms with Crippen LogP contribution in [0.4, 0.5) is 0 Å². The number of aliphatic imine (C=N–C) groups is 1. The fourth-order valence-corrected chi connectivity index (χ4v) is 2.72. The molecule has 0 spiro atoms. The largest absolute Gasteiger partial charge is 0.371 e. The second-order valence-corrected chi connectivity index (χ2v) is 5.48. The highest BCUT2D eigenvalue weighted by atomic mass is 15.0. The van der Waals surface area contributed by atoms with Crippen molar-refractivity contribution in [2.75, 3.05) is 6.54 Å². The fourth-order valence-electron chi connectivity index (χ4n) is 2.72. The van der Waals surface area contributed by atoms with E-state index in [1.165, 1.54) is 57.2 Å². The van der Waals surface area contributed by atoms with Gasteiger partial charge in [-0.05, 0) is 50.4 Å². The average Bonchev–Trinajstić information content (AvgIpc) is 3.07. The summed E-state index contributed by atoms with van der Waals surface area (Å²) in [7, 11) is 0. The maximum atomic E-state index is 4.69. The molecule has 0 amide bonds. The summed E-state index contributed by atoms with van der Waals surface area (Å²) in [5, 5.41) is 3.77. The summed E-state index contributed by atoms with van der Waals surface area (Å²) in [6.07, 6.45) is 11.0. The number of amidine groups is 1. The molecule has 0 aromatic rings. The highest BCUT2D eigenvalue weighted by Gasteiger charge is 2.41. The quantitative estimate of drug-likeness (QED) is 0.754. The molecule has 2 fully saturated rings. The van der Waals surface area contributed by atoms with Crippen molar-refractivity contribution < 1.29 is 0 Å². The van der Waals surface area contributed by atoms with Crippen LogP contribution in [-0.4, -0.2) is 18.4 Å². The Kier molecular flexibility index (Phi) is 2.68. The molecule has 0 saturated heterocycles. The van der Waals surface area contributed by atoms with Crippen molar-refractivity contribution in [3.05, 3.63) is 0 Å². The monoisotopic (exact) mass is 206 g/mol. The zero-order valence-electron chi connectivity index (χ0n) is 9.54. The Hall–Kier alpha value is -0.530. The van der Waals surface area contributed by atoms with Gasteiger partial charge in [0.15, 0.2) is 0 Å². The van der Waals surface area contributed by atoms with Crippen molar-refractivity contribution in [2.24, 2.45) is 16.8 Å². The first-order chi connectivity index (χ1) is 7.43. The Balaban J connectivity index is 1.58. The van der Waals surface area contributed by atoms with Gasteiger partial charge in [0.2, 0.25) is 0 Å². The standard InChI is InChI=1S/C13H22N2/c1-2-4-12(14-9-3-1)15-13(10-5-6-10)11-7-8-11/h10-11,13H,1-9H2,(H,14,15). The molecule has 0 atom stereocenters. The van der Waals surface area contributed by atoms with E-state index >= 15 is 0 Å². The number of rotatable bonds is 3. The fraction of sp³-hybridized carbons (Fsp3) is 0.923. The number of hydrogen-bond donors (Lipinski definition) is 1. The van der Waals surface area contributed by atoms with Crippen molar-refractivity contribution in [2.45, 2.75) is 57.4 Å². The van der Waals surface area contributed by atoms with E-state index in [0.717, 1.165) is 24.4 Å². The van der Waals surface area contributed by atoms with Gasteiger partial charge in [0.1, 0.15) is 0 Å². The third-order valence-corrected chi connectivity index (χ3v) is 3.97. The van der Waals surface area contributed by atoms with Crippen LogP contribution in [-0.2, 0) is 0 Å². The second-order valence-electron chi connectivity index (χ2n) is 5.48. The molecule has 3 aliphatic rings. The van der Waals surface area contributed by atoms with E-state index in [2.05, 4.69) is 10.3 Å². The van der Waals surface area contributed by atoms with Gasteiger partial charge >= 0.3 is 0 Å². The van der Waals surface area contributed by atoms with Crippen LogP contribution in [0.1, 0.15) is 51.4 Å². The van der Waals surface area contributed by atoms with Gasteiger partial charge < -0.3 is 5.32 Å². The van der Waals surface area contributed by atoms with E-state index in [0.29, 0.717) is 0 Å². The molecule has 2 heteroatoms. The molecular formula is C13H22N2. The third kappa shape index (κ3) is 2.53. The van der Waals surface area contributed by atoms with Crippen LogP contribution in [0, 0.1) is 11.8 Å². The zero-order valence-corrected chi connectivity index (χ0v) is 9.54. The van der Waals surface area contributed by atoms with Crippen molar-refractivity contribution in [1.82, 2.24) is 5.32 Å². The summed E-state index contributed by atoms with van der Waals surface area (Å²) in [5.74, 6) is 3.31. The first-order valence-corrected chi connectivity index (χ1v) is 6.73. The topological polar surface area (TPSA) is 24.4 Å². The molecule has 1 N–H and O–H groups in total. The molecule has 3 rings (SSSR count). The van der Waals surface area contributed by atoms with E-state index in [1.807, 2.05) is 0 Å². The second kappa shape index (κ2) is 4.15. The lowest BCUT2D eigenvalue weighted by Gasteiger charge is -2.20. The van der Waals surface area contributed by atoms with Crippen molar-refractivity contribution >= 4 is 5.84 Å². The van der Waals surface area contributed by atoms with Gasteiger partial charge in [-0.2, -0.15) is 0 Å². The number of hydrogen-bond acceptors (Lipinski definition) is 2. The summed E-state index contributed by atoms with van der Waals surface area (Å²) in [5.41, 5.74) is 0. The molecule has 0 bridgehead atoms. The van der Waals surface area contributed by atoms with E-state index in [4.69, 9.17) is 0 Å². The minimum Gasteiger partial charge on any atom is -0.371 e. The van der Waals surface area contributed by atoms with E-state index < -0.39 is 0 Å². The summed E-state index contributed by atoms with van der Waals surface area (Å²) in [4.78, 5) is 4.69. The number of nitrogens with zero attached hydrogens (tertiary/aromatic N) is 1. The van der Waals surface area contributed by atoms with E-state index in [1.54, 1.807) is 0 Å². The lowest BCUT2D eigenvalue weighted by atomic mass is 10.1. The summed E-state index contributed by atoms with van der Waals surface area (Å²) in [6, 6.07) is 0.793. The molecule has 2 nitrogen and oxygen atoms in total. The Morgan fingerprint density at radius 1 is 1.00 bits per heavy atom. The van der Waals surface area contributed by atoms with Crippen LogP contribution < -0.4 is 5.32 Å². The Bertz CT molecular complexity index is 239. The first kappa shape index (κ1) is 9.68. The Labute approximate surface area is 92.5 Å². The van der Waals surface area contributed by atoms with Gasteiger partial charge in [-0.15, -0.1) is 0 Å². The predicted octanol–water partition coefficient (Wildman–Crippen LogP) is 2.74. The molecule has 2 saturated carbocycles. The Morgan fingerprint density at radius 2 is 1.73 bits per heavy atom. The van der Waals surface area contributed by atoms with Crippen LogP contribution in [0.25, 0.3) is 0 Å². The van der Waals surface area contributed by atoms with Crippen molar-refractivity contribution in [1.29, 1.82) is 0 Å². The highest BCUT2D eigenvalue weighted by molar-refractivity contribution is 5.82. The van der Waals surface area contributed by atoms with Crippen LogP contribution in [0.15, 0.2) is 4.99 Å². The lowest BCUT2D eigenvalue weighted by Crippen LogP contribution is -2.38. The van der Waals surface area contributed by atoms with Gasteiger partial charge in [0.05, 0.1) is 5.84 Å². The molecule has 1 aliphatic heterocycles. The smallest absolute Gasteiger partial charge is 0.0965 e. The highest BCUT2D eigenvalue weighted by Crippen LogP contribution is 2.44. The van der Waals surface area contributed by atoms with E-state index in [-0.39, 0.29) is 0 Å². The maximum Gasteiger partial charge on any atom is 0.0965 e. The van der Waals surface area contributed by atoms with Crippen molar-refractivity contribution in [3.63, 3.8) is 0 Å². The van der Waals surface area contributed by atoms with Gasteiger partial charge in [-0.25, -0.2) is 0 Å². The van der Waals surface area contributed by atoms with Gasteiger partial charge in [0.25, 0.3) is 0 Å².